The first-order valence-electron chi connectivity index (χ1n) is 10.8. The Kier molecular flexibility index (Phi) is 7.97. The first-order chi connectivity index (χ1) is 16.3. The van der Waals surface area contributed by atoms with Crippen molar-refractivity contribution >= 4 is 24.0 Å². The number of ether oxygens (including phenoxy) is 1. The molecular weight excluding hydrogens is 434 g/mol. The summed E-state index contributed by atoms with van der Waals surface area (Å²) in [5, 5.41) is 6.71. The maximum absolute atomic E-state index is 12.7. The van der Waals surface area contributed by atoms with Crippen LogP contribution in [0.15, 0.2) is 70.2 Å². The topological polar surface area (TPSA) is 110 Å². The van der Waals surface area contributed by atoms with E-state index < -0.39 is 17.9 Å². The lowest BCUT2D eigenvalue weighted by molar-refractivity contribution is -0.123. The fourth-order valence-corrected chi connectivity index (χ4v) is 3.25. The molecule has 1 atom stereocenters. The summed E-state index contributed by atoms with van der Waals surface area (Å²) in [6.45, 7) is 5.60. The van der Waals surface area contributed by atoms with Crippen molar-refractivity contribution in [2.45, 2.75) is 26.8 Å². The highest BCUT2D eigenvalue weighted by Gasteiger charge is 2.24. The third kappa shape index (κ3) is 5.98. The van der Waals surface area contributed by atoms with Gasteiger partial charge in [0.25, 0.3) is 11.8 Å². The van der Waals surface area contributed by atoms with E-state index >= 15 is 0 Å². The summed E-state index contributed by atoms with van der Waals surface area (Å²) in [6.07, 6.45) is 1.35. The number of carbonyl (C=O) groups excluding carboxylic acids is 3. The Morgan fingerprint density at radius 1 is 1.00 bits per heavy atom. The third-order valence-electron chi connectivity index (χ3n) is 5.14. The molecule has 0 spiro atoms. The van der Waals surface area contributed by atoms with Gasteiger partial charge in [0.1, 0.15) is 17.6 Å². The minimum absolute atomic E-state index is 0.158. The molecule has 0 bridgehead atoms. The second-order valence-electron chi connectivity index (χ2n) is 8.03. The maximum Gasteiger partial charge on any atom is 0.338 e. The first kappa shape index (κ1) is 24.4. The summed E-state index contributed by atoms with van der Waals surface area (Å²) in [5.74, 6) is -0.581. The Bertz CT molecular complexity index is 1200. The van der Waals surface area contributed by atoms with E-state index in [1.165, 1.54) is 13.3 Å². The van der Waals surface area contributed by atoms with Gasteiger partial charge in [-0.05, 0) is 43.2 Å². The van der Waals surface area contributed by atoms with E-state index in [0.717, 1.165) is 5.56 Å². The van der Waals surface area contributed by atoms with Crippen molar-refractivity contribution in [2.75, 3.05) is 7.11 Å². The summed E-state index contributed by atoms with van der Waals surface area (Å²) < 4.78 is 10.6. The van der Waals surface area contributed by atoms with Crippen LogP contribution in [0.1, 0.15) is 45.9 Å². The molecule has 8 nitrogen and oxygen atoms in total. The number of hydrogen-bond donors (Lipinski definition) is 2. The molecule has 0 saturated heterocycles. The van der Waals surface area contributed by atoms with Crippen molar-refractivity contribution in [2.24, 2.45) is 11.0 Å². The maximum atomic E-state index is 12.7. The fraction of sp³-hybridized carbons (Fsp3) is 0.231. The normalized spacial score (nSPS) is 11.9. The highest BCUT2D eigenvalue weighted by atomic mass is 16.5. The number of nitrogens with one attached hydrogen (secondary N) is 2. The molecule has 1 heterocycles. The number of esters is 1. The molecule has 3 rings (SSSR count). The van der Waals surface area contributed by atoms with Crippen LogP contribution in [0.5, 0.6) is 0 Å². The number of rotatable bonds is 8. The number of hydrazone groups is 1. The molecule has 0 aliphatic carbocycles. The van der Waals surface area contributed by atoms with Gasteiger partial charge in [-0.2, -0.15) is 5.10 Å². The standard InChI is InChI=1S/C26H27N3O5/c1-16(2)23(28-24(30)18-11-9-17(3)10-12-18)25(31)29-27-15-19-13-14-22(34-19)20-7-5-6-8-21(20)26(32)33-4/h5-16,23H,1-4H3,(H,28,30)(H,29,31). The summed E-state index contributed by atoms with van der Waals surface area (Å²) >= 11 is 0. The zero-order valence-electron chi connectivity index (χ0n) is 19.5. The Morgan fingerprint density at radius 2 is 1.71 bits per heavy atom. The summed E-state index contributed by atoms with van der Waals surface area (Å²) in [5.41, 5.74) is 4.92. The van der Waals surface area contributed by atoms with Crippen LogP contribution in [-0.4, -0.2) is 37.1 Å². The van der Waals surface area contributed by atoms with E-state index in [9.17, 15) is 14.4 Å². The number of carbonyl (C=O) groups is 3. The van der Waals surface area contributed by atoms with Gasteiger partial charge in [-0.3, -0.25) is 9.59 Å². The lowest BCUT2D eigenvalue weighted by atomic mass is 10.0. The largest absolute Gasteiger partial charge is 0.465 e. The second-order valence-corrected chi connectivity index (χ2v) is 8.03. The van der Waals surface area contributed by atoms with Crippen molar-refractivity contribution in [1.29, 1.82) is 0 Å². The highest BCUT2D eigenvalue weighted by Crippen LogP contribution is 2.26. The number of aryl methyl sites for hydroxylation is 1. The van der Waals surface area contributed by atoms with E-state index in [0.29, 0.717) is 28.2 Å². The molecule has 2 amide bonds. The minimum Gasteiger partial charge on any atom is -0.465 e. The van der Waals surface area contributed by atoms with Crippen molar-refractivity contribution in [3.63, 3.8) is 0 Å². The van der Waals surface area contributed by atoms with Crippen molar-refractivity contribution in [3.05, 3.63) is 83.1 Å². The molecule has 34 heavy (non-hydrogen) atoms. The zero-order valence-corrected chi connectivity index (χ0v) is 19.5. The van der Waals surface area contributed by atoms with Gasteiger partial charge in [-0.25, -0.2) is 10.2 Å². The van der Waals surface area contributed by atoms with Crippen LogP contribution in [0.25, 0.3) is 11.3 Å². The summed E-state index contributed by atoms with van der Waals surface area (Å²) in [6, 6.07) is 16.6. The Morgan fingerprint density at radius 3 is 2.38 bits per heavy atom. The van der Waals surface area contributed by atoms with E-state index in [1.54, 1.807) is 48.5 Å². The Balaban J connectivity index is 1.66. The third-order valence-corrected chi connectivity index (χ3v) is 5.14. The quantitative estimate of drug-likeness (QED) is 0.300. The molecule has 1 aromatic heterocycles. The van der Waals surface area contributed by atoms with Gasteiger partial charge < -0.3 is 14.5 Å². The lowest BCUT2D eigenvalue weighted by Crippen LogP contribution is -2.48. The first-order valence-corrected chi connectivity index (χ1v) is 10.8. The lowest BCUT2D eigenvalue weighted by Gasteiger charge is -2.20. The molecule has 0 saturated carbocycles. The summed E-state index contributed by atoms with van der Waals surface area (Å²) in [4.78, 5) is 37.2. The van der Waals surface area contributed by atoms with E-state index in [1.807, 2.05) is 32.9 Å². The van der Waals surface area contributed by atoms with Gasteiger partial charge in [0, 0.05) is 11.1 Å². The van der Waals surface area contributed by atoms with Gasteiger partial charge in [0.15, 0.2) is 0 Å². The molecule has 2 N–H and O–H groups in total. The predicted molar refractivity (Wildman–Crippen MR) is 128 cm³/mol. The van der Waals surface area contributed by atoms with Crippen LogP contribution in [0.3, 0.4) is 0 Å². The molecule has 8 heteroatoms. The average Bonchev–Trinajstić information content (AvgIpc) is 3.30. The monoisotopic (exact) mass is 461 g/mol. The molecule has 0 aliphatic rings. The van der Waals surface area contributed by atoms with Crippen molar-refractivity contribution in [3.8, 4) is 11.3 Å². The predicted octanol–water partition coefficient (Wildman–Crippen LogP) is 3.95. The second kappa shape index (κ2) is 11.1. The van der Waals surface area contributed by atoms with Crippen molar-refractivity contribution < 1.29 is 23.5 Å². The number of hydrogen-bond acceptors (Lipinski definition) is 6. The molecule has 0 fully saturated rings. The Hall–Kier alpha value is -4.20. The number of furan rings is 1. The van der Waals surface area contributed by atoms with E-state index in [-0.39, 0.29) is 11.8 Å². The van der Waals surface area contributed by atoms with Crippen LogP contribution in [0.2, 0.25) is 0 Å². The zero-order chi connectivity index (χ0) is 24.7. The van der Waals surface area contributed by atoms with Crippen LogP contribution < -0.4 is 10.7 Å². The number of methoxy groups -OCH3 is 1. The average molecular weight is 462 g/mol. The minimum atomic E-state index is -0.773. The molecular formula is C26H27N3O5. The van der Waals surface area contributed by atoms with Crippen molar-refractivity contribution in [1.82, 2.24) is 10.7 Å². The molecule has 1 unspecified atom stereocenters. The smallest absolute Gasteiger partial charge is 0.338 e. The fourth-order valence-electron chi connectivity index (χ4n) is 3.25. The number of nitrogens with zero attached hydrogens (tertiary/aromatic N) is 1. The number of amides is 2. The summed E-state index contributed by atoms with van der Waals surface area (Å²) in [7, 11) is 1.32. The Labute approximate surface area is 198 Å². The highest BCUT2D eigenvalue weighted by molar-refractivity contribution is 5.98. The molecule has 176 valence electrons. The molecule has 0 aliphatic heterocycles. The molecule has 0 radical (unpaired) electrons. The van der Waals surface area contributed by atoms with Gasteiger partial charge in [0.05, 0.1) is 18.9 Å². The van der Waals surface area contributed by atoms with E-state index in [2.05, 4.69) is 15.8 Å². The van der Waals surface area contributed by atoms with Crippen LogP contribution in [0.4, 0.5) is 0 Å². The van der Waals surface area contributed by atoms with Gasteiger partial charge in [0.2, 0.25) is 0 Å². The van der Waals surface area contributed by atoms with E-state index in [4.69, 9.17) is 9.15 Å². The van der Waals surface area contributed by atoms with Crippen LogP contribution >= 0.6 is 0 Å². The van der Waals surface area contributed by atoms with Gasteiger partial charge in [-0.1, -0.05) is 49.7 Å². The molecule has 2 aromatic carbocycles. The van der Waals surface area contributed by atoms with Gasteiger partial charge >= 0.3 is 5.97 Å². The van der Waals surface area contributed by atoms with Crippen LogP contribution in [-0.2, 0) is 9.53 Å². The number of benzene rings is 2. The SMILES string of the molecule is COC(=O)c1ccccc1-c1ccc(C=NNC(=O)C(NC(=O)c2ccc(C)cc2)C(C)C)o1. The van der Waals surface area contributed by atoms with Crippen LogP contribution in [0, 0.1) is 12.8 Å². The molecule has 3 aromatic rings. The van der Waals surface area contributed by atoms with Gasteiger partial charge in [-0.15, -0.1) is 0 Å².